The molecule has 0 aliphatic carbocycles. The second kappa shape index (κ2) is 5.60. The maximum atomic E-state index is 12.6. The highest BCUT2D eigenvalue weighted by Crippen LogP contribution is 2.24. The number of amides is 1. The van der Waals surface area contributed by atoms with Crippen LogP contribution in [0, 0.1) is 0 Å². The summed E-state index contributed by atoms with van der Waals surface area (Å²) in [4.78, 5) is 14.4. The summed E-state index contributed by atoms with van der Waals surface area (Å²) in [5, 5.41) is 7.76. The molecule has 3 rings (SSSR count). The summed E-state index contributed by atoms with van der Waals surface area (Å²) in [6, 6.07) is 9.66. The molecule has 1 aromatic carbocycles. The molecule has 1 unspecified atom stereocenters. The average Bonchev–Trinajstić information content (AvgIpc) is 3.04. The van der Waals surface area contributed by atoms with E-state index in [2.05, 4.69) is 17.3 Å². The molecule has 5 nitrogen and oxygen atoms in total. The minimum atomic E-state index is -0.167. The van der Waals surface area contributed by atoms with Gasteiger partial charge in [0.25, 0.3) is 0 Å². The van der Waals surface area contributed by atoms with Gasteiger partial charge in [-0.1, -0.05) is 25.1 Å². The molecule has 1 fully saturated rings. The first kappa shape index (κ1) is 13.7. The summed E-state index contributed by atoms with van der Waals surface area (Å²) in [7, 11) is 1.90. The second-order valence-corrected chi connectivity index (χ2v) is 5.33. The van der Waals surface area contributed by atoms with Gasteiger partial charge in [-0.25, -0.2) is 0 Å². The lowest BCUT2D eigenvalue weighted by atomic mass is 10.2. The summed E-state index contributed by atoms with van der Waals surface area (Å²) in [5.74, 6) is 0.132. The van der Waals surface area contributed by atoms with Crippen molar-refractivity contribution < 1.29 is 4.79 Å². The Labute approximate surface area is 124 Å². The Morgan fingerprint density at radius 2 is 2.10 bits per heavy atom. The van der Waals surface area contributed by atoms with Gasteiger partial charge in [0.1, 0.15) is 6.04 Å². The van der Waals surface area contributed by atoms with Gasteiger partial charge in [-0.2, -0.15) is 5.10 Å². The Hall–Kier alpha value is -2.30. The first-order chi connectivity index (χ1) is 10.2. The van der Waals surface area contributed by atoms with Gasteiger partial charge in [0.15, 0.2) is 0 Å². The van der Waals surface area contributed by atoms with Crippen LogP contribution in [0.25, 0.3) is 0 Å². The Bertz CT molecular complexity index is 635. The Balaban J connectivity index is 1.75. The van der Waals surface area contributed by atoms with E-state index >= 15 is 0 Å². The third kappa shape index (κ3) is 2.63. The lowest BCUT2D eigenvalue weighted by Crippen LogP contribution is -2.33. The molecule has 2 heterocycles. The molecule has 1 aliphatic heterocycles. The number of aromatic nitrogens is 2. The van der Waals surface area contributed by atoms with Crippen LogP contribution >= 0.6 is 0 Å². The monoisotopic (exact) mass is 284 g/mol. The molecule has 0 bridgehead atoms. The van der Waals surface area contributed by atoms with Crippen LogP contribution in [0.3, 0.4) is 0 Å². The number of aryl methyl sites for hydroxylation is 2. The number of nitrogens with zero attached hydrogens (tertiary/aromatic N) is 3. The molecular formula is C16H20N4O. The van der Waals surface area contributed by atoms with Crippen molar-refractivity contribution >= 4 is 17.3 Å². The molecule has 0 spiro atoms. The lowest BCUT2D eigenvalue weighted by Gasteiger charge is -2.17. The number of nitrogens with one attached hydrogen (secondary N) is 1. The van der Waals surface area contributed by atoms with E-state index in [0.717, 1.165) is 36.5 Å². The molecule has 2 aromatic rings. The summed E-state index contributed by atoms with van der Waals surface area (Å²) in [5.41, 5.74) is 2.94. The summed E-state index contributed by atoms with van der Waals surface area (Å²) >= 11 is 0. The molecule has 1 saturated heterocycles. The Morgan fingerprint density at radius 1 is 1.33 bits per heavy atom. The number of carbonyl (C=O) groups excluding carboxylic acids is 1. The zero-order valence-electron chi connectivity index (χ0n) is 12.4. The highest BCUT2D eigenvalue weighted by molar-refractivity contribution is 6.01. The Morgan fingerprint density at radius 3 is 2.81 bits per heavy atom. The van der Waals surface area contributed by atoms with E-state index in [0.29, 0.717) is 0 Å². The van der Waals surface area contributed by atoms with E-state index in [1.165, 1.54) is 0 Å². The van der Waals surface area contributed by atoms with Gasteiger partial charge in [-0.15, -0.1) is 0 Å². The van der Waals surface area contributed by atoms with Crippen molar-refractivity contribution in [3.8, 4) is 0 Å². The molecule has 1 aliphatic rings. The van der Waals surface area contributed by atoms with Crippen LogP contribution in [-0.4, -0.2) is 28.3 Å². The van der Waals surface area contributed by atoms with Gasteiger partial charge in [-0.05, 0) is 25.0 Å². The number of anilines is 2. The van der Waals surface area contributed by atoms with Crippen molar-refractivity contribution in [1.82, 2.24) is 9.78 Å². The Kier molecular flexibility index (Phi) is 3.64. The van der Waals surface area contributed by atoms with Crippen molar-refractivity contribution in [3.63, 3.8) is 0 Å². The van der Waals surface area contributed by atoms with E-state index in [-0.39, 0.29) is 11.9 Å². The van der Waals surface area contributed by atoms with Crippen LogP contribution in [-0.2, 0) is 18.3 Å². The third-order valence-electron chi connectivity index (χ3n) is 3.84. The minimum absolute atomic E-state index is 0.132. The fraction of sp³-hybridized carbons (Fsp3) is 0.375. The standard InChI is InChI=1S/C16H20N4O/c1-3-13-15(11-19(2)18-13)17-14-9-10-20(16(14)21)12-7-5-4-6-8-12/h4-8,11,14,17H,3,9-10H2,1-2H3. The largest absolute Gasteiger partial charge is 0.371 e. The van der Waals surface area contributed by atoms with Crippen LogP contribution in [0.5, 0.6) is 0 Å². The maximum Gasteiger partial charge on any atom is 0.249 e. The lowest BCUT2D eigenvalue weighted by molar-refractivity contribution is -0.117. The molecule has 5 heteroatoms. The van der Waals surface area contributed by atoms with Gasteiger partial charge in [0.05, 0.1) is 11.4 Å². The second-order valence-electron chi connectivity index (χ2n) is 5.33. The number of benzene rings is 1. The van der Waals surface area contributed by atoms with Crippen molar-refractivity contribution in [1.29, 1.82) is 0 Å². The third-order valence-corrected chi connectivity index (χ3v) is 3.84. The molecule has 1 aromatic heterocycles. The van der Waals surface area contributed by atoms with Gasteiger partial charge < -0.3 is 10.2 Å². The summed E-state index contributed by atoms with van der Waals surface area (Å²) in [6.07, 6.45) is 3.61. The van der Waals surface area contributed by atoms with Gasteiger partial charge in [-0.3, -0.25) is 9.48 Å². The first-order valence-electron chi connectivity index (χ1n) is 7.34. The number of hydrogen-bond donors (Lipinski definition) is 1. The van der Waals surface area contributed by atoms with E-state index in [1.54, 1.807) is 4.68 Å². The van der Waals surface area contributed by atoms with E-state index < -0.39 is 0 Å². The first-order valence-corrected chi connectivity index (χ1v) is 7.34. The SMILES string of the molecule is CCc1nn(C)cc1NC1CCN(c2ccccc2)C1=O. The molecular weight excluding hydrogens is 264 g/mol. The van der Waals surface area contributed by atoms with E-state index in [9.17, 15) is 4.79 Å². The molecule has 1 N–H and O–H groups in total. The van der Waals surface area contributed by atoms with Gasteiger partial charge in [0.2, 0.25) is 5.91 Å². The zero-order valence-corrected chi connectivity index (χ0v) is 12.4. The van der Waals surface area contributed by atoms with E-state index in [1.807, 2.05) is 48.5 Å². The summed E-state index contributed by atoms with van der Waals surface area (Å²) in [6.45, 7) is 2.82. The molecule has 1 atom stereocenters. The number of rotatable bonds is 4. The molecule has 1 amide bonds. The predicted molar refractivity (Wildman–Crippen MR) is 83.4 cm³/mol. The van der Waals surface area contributed by atoms with Crippen molar-refractivity contribution in [2.24, 2.45) is 7.05 Å². The molecule has 0 radical (unpaired) electrons. The fourth-order valence-corrected chi connectivity index (χ4v) is 2.78. The highest BCUT2D eigenvalue weighted by Gasteiger charge is 2.32. The summed E-state index contributed by atoms with van der Waals surface area (Å²) < 4.78 is 1.79. The topological polar surface area (TPSA) is 50.2 Å². The van der Waals surface area contributed by atoms with Crippen LogP contribution in [0.4, 0.5) is 11.4 Å². The fourth-order valence-electron chi connectivity index (χ4n) is 2.78. The minimum Gasteiger partial charge on any atom is -0.371 e. The molecule has 110 valence electrons. The van der Waals surface area contributed by atoms with Gasteiger partial charge in [0, 0.05) is 25.5 Å². The van der Waals surface area contributed by atoms with Gasteiger partial charge >= 0.3 is 0 Å². The van der Waals surface area contributed by atoms with E-state index in [4.69, 9.17) is 0 Å². The number of hydrogen-bond acceptors (Lipinski definition) is 3. The average molecular weight is 284 g/mol. The smallest absolute Gasteiger partial charge is 0.249 e. The van der Waals surface area contributed by atoms with Crippen LogP contribution < -0.4 is 10.2 Å². The normalized spacial score (nSPS) is 18.3. The van der Waals surface area contributed by atoms with Crippen molar-refractivity contribution in [2.45, 2.75) is 25.8 Å². The quantitative estimate of drug-likeness (QED) is 0.936. The predicted octanol–water partition coefficient (Wildman–Crippen LogP) is 2.20. The maximum absolute atomic E-state index is 12.6. The van der Waals surface area contributed by atoms with Crippen LogP contribution in [0.2, 0.25) is 0 Å². The van der Waals surface area contributed by atoms with Crippen molar-refractivity contribution in [3.05, 3.63) is 42.2 Å². The number of para-hydroxylation sites is 1. The molecule has 0 saturated carbocycles. The van der Waals surface area contributed by atoms with Crippen LogP contribution in [0.1, 0.15) is 19.0 Å². The molecule has 21 heavy (non-hydrogen) atoms. The zero-order chi connectivity index (χ0) is 14.8. The number of carbonyl (C=O) groups is 1. The highest BCUT2D eigenvalue weighted by atomic mass is 16.2. The van der Waals surface area contributed by atoms with Crippen molar-refractivity contribution in [2.75, 3.05) is 16.8 Å². The van der Waals surface area contributed by atoms with Crippen LogP contribution in [0.15, 0.2) is 36.5 Å².